The summed E-state index contributed by atoms with van der Waals surface area (Å²) < 4.78 is 1.66. The van der Waals surface area contributed by atoms with E-state index in [1.54, 1.807) is 4.68 Å². The van der Waals surface area contributed by atoms with E-state index in [0.717, 1.165) is 42.7 Å². The lowest BCUT2D eigenvalue weighted by atomic mass is 9.48. The van der Waals surface area contributed by atoms with Crippen LogP contribution in [0.1, 0.15) is 38.5 Å². The number of thioether (sulfide) groups is 1. The number of aromatic nitrogens is 4. The second-order valence-electron chi connectivity index (χ2n) is 8.26. The van der Waals surface area contributed by atoms with Crippen LogP contribution in [0, 0.1) is 23.2 Å². The Balaban J connectivity index is 1.32. The number of nitrogens with zero attached hydrogens (tertiary/aromatic N) is 4. The van der Waals surface area contributed by atoms with Crippen LogP contribution < -0.4 is 0 Å². The molecule has 4 bridgehead atoms. The Bertz CT molecular complexity index is 816. The molecule has 4 aliphatic rings. The molecule has 0 amide bonds. The third kappa shape index (κ3) is 2.87. The zero-order chi connectivity index (χ0) is 17.7. The molecule has 2 aromatic rings. The summed E-state index contributed by atoms with van der Waals surface area (Å²) in [6.45, 7) is 0. The van der Waals surface area contributed by atoms with Gasteiger partial charge in [-0.2, -0.15) is 4.68 Å². The fraction of sp³-hybridized carbons (Fsp3) is 0.579. The fourth-order valence-electron chi connectivity index (χ4n) is 5.77. The molecule has 1 heterocycles. The van der Waals surface area contributed by atoms with Crippen LogP contribution in [0.5, 0.6) is 0 Å². The topological polar surface area (TPSA) is 60.7 Å². The number of rotatable bonds is 5. The minimum Gasteiger partial charge on any atom is -0.298 e. The zero-order valence-corrected chi connectivity index (χ0v) is 16.0. The van der Waals surface area contributed by atoms with E-state index in [9.17, 15) is 4.79 Å². The van der Waals surface area contributed by atoms with E-state index >= 15 is 0 Å². The van der Waals surface area contributed by atoms with E-state index in [1.165, 1.54) is 31.0 Å². The Hall–Kier alpha value is -1.40. The number of hydrogen-bond acceptors (Lipinski definition) is 5. The van der Waals surface area contributed by atoms with Crippen molar-refractivity contribution in [2.24, 2.45) is 23.2 Å². The molecule has 0 aliphatic heterocycles. The molecule has 5 nitrogen and oxygen atoms in total. The molecule has 26 heavy (non-hydrogen) atoms. The summed E-state index contributed by atoms with van der Waals surface area (Å²) in [7, 11) is 0. The molecule has 0 spiro atoms. The first-order valence-corrected chi connectivity index (χ1v) is 10.7. The first kappa shape index (κ1) is 16.8. The third-order valence-electron chi connectivity index (χ3n) is 6.46. The number of hydrogen-bond donors (Lipinski definition) is 0. The Morgan fingerprint density at radius 1 is 1.19 bits per heavy atom. The molecule has 0 radical (unpaired) electrons. The van der Waals surface area contributed by atoms with Gasteiger partial charge in [0.05, 0.1) is 11.4 Å². The van der Waals surface area contributed by atoms with Gasteiger partial charge in [-0.25, -0.2) is 0 Å². The van der Waals surface area contributed by atoms with Gasteiger partial charge in [0.1, 0.15) is 5.78 Å². The number of benzene rings is 1. The SMILES string of the molecule is O=C(CSc1nnnn1-c1cccc(Cl)c1)C12CC3CC(CC(C3)C1)C2. The minimum absolute atomic E-state index is 0.0594. The van der Waals surface area contributed by atoms with Crippen LogP contribution in [0.2, 0.25) is 5.02 Å². The van der Waals surface area contributed by atoms with Crippen molar-refractivity contribution in [1.29, 1.82) is 0 Å². The van der Waals surface area contributed by atoms with Crippen LogP contribution in [-0.4, -0.2) is 31.7 Å². The number of halogens is 1. The number of Topliss-reactive ketones (excluding diaryl/α,β-unsaturated/α-hetero) is 1. The van der Waals surface area contributed by atoms with Gasteiger partial charge < -0.3 is 0 Å². The quantitative estimate of drug-likeness (QED) is 0.718. The summed E-state index contributed by atoms with van der Waals surface area (Å²) in [5.41, 5.74) is 0.753. The predicted octanol–water partition coefficient (Wildman–Crippen LogP) is 4.19. The Labute approximate surface area is 161 Å². The molecule has 136 valence electrons. The highest BCUT2D eigenvalue weighted by Gasteiger charge is 2.54. The first-order valence-electron chi connectivity index (χ1n) is 9.32. The summed E-state index contributed by atoms with van der Waals surface area (Å²) in [4.78, 5) is 13.2. The van der Waals surface area contributed by atoms with Gasteiger partial charge in [-0.1, -0.05) is 29.4 Å². The molecular weight excluding hydrogens is 368 g/mol. The van der Waals surface area contributed by atoms with Crippen LogP contribution >= 0.6 is 23.4 Å². The van der Waals surface area contributed by atoms with E-state index in [1.807, 2.05) is 24.3 Å². The Kier molecular flexibility index (Phi) is 4.09. The summed E-state index contributed by atoms with van der Waals surface area (Å²) in [6.07, 6.45) is 7.39. The highest BCUT2D eigenvalue weighted by Crippen LogP contribution is 2.60. The zero-order valence-electron chi connectivity index (χ0n) is 14.5. The van der Waals surface area contributed by atoms with Crippen molar-refractivity contribution in [3.05, 3.63) is 29.3 Å². The van der Waals surface area contributed by atoms with Gasteiger partial charge in [-0.3, -0.25) is 4.79 Å². The van der Waals surface area contributed by atoms with Crippen LogP contribution in [0.15, 0.2) is 29.4 Å². The van der Waals surface area contributed by atoms with Gasteiger partial charge >= 0.3 is 0 Å². The van der Waals surface area contributed by atoms with E-state index in [4.69, 9.17) is 11.6 Å². The number of tetrazole rings is 1. The van der Waals surface area contributed by atoms with E-state index < -0.39 is 0 Å². The van der Waals surface area contributed by atoms with Crippen molar-refractivity contribution in [2.75, 3.05) is 5.75 Å². The van der Waals surface area contributed by atoms with Gasteiger partial charge in [-0.15, -0.1) is 5.10 Å². The van der Waals surface area contributed by atoms with Crippen LogP contribution in [-0.2, 0) is 4.79 Å². The maximum Gasteiger partial charge on any atom is 0.214 e. The first-order chi connectivity index (χ1) is 12.6. The molecule has 1 aromatic heterocycles. The molecule has 6 rings (SSSR count). The van der Waals surface area contributed by atoms with Gasteiger partial charge in [0.25, 0.3) is 0 Å². The van der Waals surface area contributed by atoms with Crippen molar-refractivity contribution in [3.63, 3.8) is 0 Å². The van der Waals surface area contributed by atoms with Crippen molar-refractivity contribution < 1.29 is 4.79 Å². The van der Waals surface area contributed by atoms with Gasteiger partial charge in [0.15, 0.2) is 0 Å². The molecule has 0 atom stereocenters. The lowest BCUT2D eigenvalue weighted by Crippen LogP contribution is -2.50. The second-order valence-corrected chi connectivity index (χ2v) is 9.64. The molecule has 4 aliphatic carbocycles. The van der Waals surface area contributed by atoms with Crippen molar-refractivity contribution >= 4 is 29.1 Å². The predicted molar refractivity (Wildman–Crippen MR) is 101 cm³/mol. The van der Waals surface area contributed by atoms with Crippen molar-refractivity contribution in [2.45, 2.75) is 43.7 Å². The van der Waals surface area contributed by atoms with Crippen LogP contribution in [0.4, 0.5) is 0 Å². The summed E-state index contributed by atoms with van der Waals surface area (Å²) in [5.74, 6) is 3.21. The standard InChI is InChI=1S/C19H21ClN4OS/c20-15-2-1-3-16(7-15)24-18(21-22-23-24)26-11-17(25)19-8-12-4-13(9-19)6-14(5-12)10-19/h1-3,7,12-14H,4-6,8-11H2. The molecule has 0 N–H and O–H groups in total. The lowest BCUT2D eigenvalue weighted by molar-refractivity contribution is -0.141. The molecule has 7 heteroatoms. The molecule has 4 fully saturated rings. The average molecular weight is 389 g/mol. The molecule has 0 unspecified atom stereocenters. The van der Waals surface area contributed by atoms with E-state index in [-0.39, 0.29) is 5.41 Å². The third-order valence-corrected chi connectivity index (χ3v) is 7.61. The van der Waals surface area contributed by atoms with Gasteiger partial charge in [-0.05, 0) is 84.9 Å². The second kappa shape index (κ2) is 6.34. The molecule has 0 saturated heterocycles. The van der Waals surface area contributed by atoms with Crippen LogP contribution in [0.3, 0.4) is 0 Å². The number of carbonyl (C=O) groups is 1. The van der Waals surface area contributed by atoms with Crippen molar-refractivity contribution in [3.8, 4) is 5.69 Å². The summed E-state index contributed by atoms with van der Waals surface area (Å²) in [5, 5.41) is 13.2. The van der Waals surface area contributed by atoms with E-state index in [0.29, 0.717) is 21.7 Å². The van der Waals surface area contributed by atoms with Crippen LogP contribution in [0.25, 0.3) is 5.69 Å². The fourth-order valence-corrected chi connectivity index (χ4v) is 6.88. The maximum atomic E-state index is 13.2. The van der Waals surface area contributed by atoms with Crippen molar-refractivity contribution in [1.82, 2.24) is 20.2 Å². The molecule has 4 saturated carbocycles. The normalized spacial score (nSPS) is 32.1. The smallest absolute Gasteiger partial charge is 0.214 e. The lowest BCUT2D eigenvalue weighted by Gasteiger charge is -2.56. The molecular formula is C19H21ClN4OS. The number of carbonyl (C=O) groups excluding carboxylic acids is 1. The Morgan fingerprint density at radius 3 is 2.54 bits per heavy atom. The average Bonchev–Trinajstić information content (AvgIpc) is 3.07. The van der Waals surface area contributed by atoms with E-state index in [2.05, 4.69) is 15.5 Å². The molecule has 1 aromatic carbocycles. The number of ketones is 1. The maximum absolute atomic E-state index is 13.2. The summed E-state index contributed by atoms with van der Waals surface area (Å²) in [6, 6.07) is 7.42. The highest BCUT2D eigenvalue weighted by atomic mass is 35.5. The Morgan fingerprint density at radius 2 is 1.88 bits per heavy atom. The van der Waals surface area contributed by atoms with Gasteiger partial charge in [0, 0.05) is 10.4 Å². The van der Waals surface area contributed by atoms with Gasteiger partial charge in [0.2, 0.25) is 5.16 Å². The largest absolute Gasteiger partial charge is 0.298 e. The monoisotopic (exact) mass is 388 g/mol. The minimum atomic E-state index is -0.0594. The highest BCUT2D eigenvalue weighted by molar-refractivity contribution is 7.99. The summed E-state index contributed by atoms with van der Waals surface area (Å²) >= 11 is 7.52.